The molecule has 2 aliphatic rings. The van der Waals surface area contributed by atoms with Crippen LogP contribution >= 0.6 is 0 Å². The molecule has 2 heterocycles. The molecule has 1 saturated heterocycles. The van der Waals surface area contributed by atoms with Gasteiger partial charge in [-0.1, -0.05) is 20.8 Å². The van der Waals surface area contributed by atoms with Crippen LogP contribution < -0.4 is 19.1 Å². The summed E-state index contributed by atoms with van der Waals surface area (Å²) < 4.78 is 31.2. The second-order valence-electron chi connectivity index (χ2n) is 10.1. The fraction of sp³-hybridized carbons (Fsp3) is 0.444. The minimum Gasteiger partial charge on any atom is -0.494 e. The molecule has 0 spiro atoms. The summed E-state index contributed by atoms with van der Waals surface area (Å²) in [5, 5.41) is 8.56. The fourth-order valence-electron chi connectivity index (χ4n) is 4.87. The molecule has 36 heavy (non-hydrogen) atoms. The molecule has 9 heteroatoms. The van der Waals surface area contributed by atoms with Gasteiger partial charge < -0.3 is 24.0 Å². The number of amides is 1. The van der Waals surface area contributed by atoms with Crippen LogP contribution in [0.5, 0.6) is 17.2 Å². The maximum absolute atomic E-state index is 15.1. The molecule has 1 fully saturated rings. The van der Waals surface area contributed by atoms with Gasteiger partial charge in [-0.05, 0) is 35.6 Å². The fourth-order valence-corrected chi connectivity index (χ4v) is 4.87. The van der Waals surface area contributed by atoms with E-state index in [9.17, 15) is 9.59 Å². The molecule has 1 N–H and O–H groups in total. The summed E-state index contributed by atoms with van der Waals surface area (Å²) in [6.07, 6.45) is 1.20. The SMILES string of the molecule is COc1cc2c(c(F)c1OC)C(=N)N(CC(=O)c1cc(N3CCCC3=O)c(OC)c(C(C)(C)C)c1)C2. The van der Waals surface area contributed by atoms with Gasteiger partial charge in [0.05, 0.1) is 39.1 Å². The third kappa shape index (κ3) is 4.27. The van der Waals surface area contributed by atoms with Crippen LogP contribution in [0.1, 0.15) is 60.7 Å². The molecule has 2 aliphatic heterocycles. The van der Waals surface area contributed by atoms with E-state index in [1.54, 1.807) is 30.2 Å². The molecule has 0 unspecified atom stereocenters. The summed E-state index contributed by atoms with van der Waals surface area (Å²) in [5.41, 5.74) is 2.11. The largest absolute Gasteiger partial charge is 0.494 e. The van der Waals surface area contributed by atoms with Crippen molar-refractivity contribution in [3.05, 3.63) is 46.3 Å². The molecule has 192 valence electrons. The van der Waals surface area contributed by atoms with Crippen LogP contribution in [0.25, 0.3) is 0 Å². The van der Waals surface area contributed by atoms with Crippen LogP contribution in [0.3, 0.4) is 0 Å². The molecule has 1 amide bonds. The molecule has 0 aliphatic carbocycles. The zero-order valence-electron chi connectivity index (χ0n) is 21.6. The number of anilines is 1. The predicted octanol–water partition coefficient (Wildman–Crippen LogP) is 4.30. The maximum Gasteiger partial charge on any atom is 0.227 e. The highest BCUT2D eigenvalue weighted by Gasteiger charge is 2.34. The highest BCUT2D eigenvalue weighted by molar-refractivity contribution is 6.07. The van der Waals surface area contributed by atoms with Crippen LogP contribution in [-0.4, -0.2) is 56.8 Å². The second kappa shape index (κ2) is 9.44. The van der Waals surface area contributed by atoms with E-state index < -0.39 is 5.82 Å². The topological polar surface area (TPSA) is 92.2 Å². The maximum atomic E-state index is 15.1. The molecule has 2 aromatic rings. The first kappa shape index (κ1) is 25.5. The summed E-state index contributed by atoms with van der Waals surface area (Å²) in [5.74, 6) is -0.270. The average molecular weight is 498 g/mol. The molecule has 0 bridgehead atoms. The normalized spacial score (nSPS) is 15.4. The number of carbonyl (C=O) groups excluding carboxylic acids is 2. The first-order valence-electron chi connectivity index (χ1n) is 11.8. The number of Topliss-reactive ketones (excluding diaryl/α,β-unsaturated/α-hetero) is 1. The Morgan fingerprint density at radius 3 is 2.33 bits per heavy atom. The lowest BCUT2D eigenvalue weighted by atomic mass is 9.84. The highest BCUT2D eigenvalue weighted by Crippen LogP contribution is 2.42. The predicted molar refractivity (Wildman–Crippen MR) is 134 cm³/mol. The van der Waals surface area contributed by atoms with Gasteiger partial charge in [-0.3, -0.25) is 15.0 Å². The summed E-state index contributed by atoms with van der Waals surface area (Å²) >= 11 is 0. The van der Waals surface area contributed by atoms with Crippen LogP contribution in [0.4, 0.5) is 10.1 Å². The Labute approximate surface area is 210 Å². The Balaban J connectivity index is 1.70. The van der Waals surface area contributed by atoms with Gasteiger partial charge in [-0.15, -0.1) is 0 Å². The minimum atomic E-state index is -0.680. The lowest BCUT2D eigenvalue weighted by molar-refractivity contribution is -0.117. The van der Waals surface area contributed by atoms with Crippen LogP contribution in [0.2, 0.25) is 0 Å². The Bertz CT molecular complexity index is 1250. The van der Waals surface area contributed by atoms with Crippen molar-refractivity contribution in [3.8, 4) is 17.2 Å². The van der Waals surface area contributed by atoms with E-state index in [-0.39, 0.29) is 53.1 Å². The van der Waals surface area contributed by atoms with Gasteiger partial charge in [-0.2, -0.15) is 0 Å². The van der Waals surface area contributed by atoms with Gasteiger partial charge in [0, 0.05) is 30.6 Å². The van der Waals surface area contributed by atoms with E-state index in [4.69, 9.17) is 19.6 Å². The van der Waals surface area contributed by atoms with Gasteiger partial charge in [0.1, 0.15) is 11.6 Å². The minimum absolute atomic E-state index is 0.00658. The summed E-state index contributed by atoms with van der Waals surface area (Å²) in [6.45, 7) is 6.68. The number of nitrogens with one attached hydrogen (secondary N) is 1. The Kier molecular flexibility index (Phi) is 6.68. The van der Waals surface area contributed by atoms with E-state index in [0.717, 1.165) is 12.0 Å². The molecule has 0 saturated carbocycles. The average Bonchev–Trinajstić information content (AvgIpc) is 3.39. The quantitative estimate of drug-likeness (QED) is 0.574. The van der Waals surface area contributed by atoms with E-state index in [1.807, 2.05) is 20.8 Å². The number of hydrogen-bond acceptors (Lipinski definition) is 6. The van der Waals surface area contributed by atoms with Crippen molar-refractivity contribution in [1.82, 2.24) is 4.90 Å². The molecule has 2 aromatic carbocycles. The number of halogens is 1. The smallest absolute Gasteiger partial charge is 0.227 e. The van der Waals surface area contributed by atoms with Crippen molar-refractivity contribution in [2.75, 3.05) is 39.3 Å². The molecule has 8 nitrogen and oxygen atoms in total. The van der Waals surface area contributed by atoms with E-state index in [2.05, 4.69) is 0 Å². The van der Waals surface area contributed by atoms with Gasteiger partial charge in [0.25, 0.3) is 0 Å². The monoisotopic (exact) mass is 497 g/mol. The van der Waals surface area contributed by atoms with Crippen LogP contribution in [-0.2, 0) is 16.8 Å². The second-order valence-corrected chi connectivity index (χ2v) is 10.1. The van der Waals surface area contributed by atoms with Crippen LogP contribution in [0.15, 0.2) is 18.2 Å². The number of fused-ring (bicyclic) bond motifs is 1. The molecular formula is C27H32FN3O5. The summed E-state index contributed by atoms with van der Waals surface area (Å²) in [7, 11) is 4.33. The zero-order valence-corrected chi connectivity index (χ0v) is 21.6. The standard InChI is InChI=1S/C27H32FN3O5/c1-27(2,3)17-10-15(11-18(24(17)35-5)31-9-7-8-21(31)33)19(32)14-30-13-16-12-20(34-4)25(36-6)23(28)22(16)26(30)29/h10-12,29H,7-9,13-14H2,1-6H3. The Morgan fingerprint density at radius 2 is 1.78 bits per heavy atom. The van der Waals surface area contributed by atoms with E-state index >= 15 is 4.39 Å². The van der Waals surface area contributed by atoms with Crippen LogP contribution in [0, 0.1) is 11.2 Å². The van der Waals surface area contributed by atoms with Crippen molar-refractivity contribution in [2.45, 2.75) is 45.6 Å². The van der Waals surface area contributed by atoms with Crippen molar-refractivity contribution < 1.29 is 28.2 Å². The Hall–Kier alpha value is -3.62. The summed E-state index contributed by atoms with van der Waals surface area (Å²) in [4.78, 5) is 29.3. The molecular weight excluding hydrogens is 465 g/mol. The molecule has 0 aromatic heterocycles. The molecule has 0 radical (unpaired) electrons. The first-order valence-corrected chi connectivity index (χ1v) is 11.8. The molecule has 0 atom stereocenters. The third-order valence-corrected chi connectivity index (χ3v) is 6.71. The third-order valence-electron chi connectivity index (χ3n) is 6.71. The molecule has 4 rings (SSSR count). The number of nitrogens with zero attached hydrogens (tertiary/aromatic N) is 2. The highest BCUT2D eigenvalue weighted by atomic mass is 19.1. The number of rotatable bonds is 7. The van der Waals surface area contributed by atoms with Crippen molar-refractivity contribution >= 4 is 23.2 Å². The number of amidine groups is 1. The zero-order chi connectivity index (χ0) is 26.4. The van der Waals surface area contributed by atoms with Gasteiger partial charge >= 0.3 is 0 Å². The van der Waals surface area contributed by atoms with Crippen molar-refractivity contribution in [2.24, 2.45) is 0 Å². The number of benzene rings is 2. The van der Waals surface area contributed by atoms with Gasteiger partial charge in [0.15, 0.2) is 23.1 Å². The number of carbonyl (C=O) groups is 2. The lowest BCUT2D eigenvalue weighted by Gasteiger charge is -2.28. The number of hydrogen-bond donors (Lipinski definition) is 1. The number of ether oxygens (including phenoxy) is 3. The van der Waals surface area contributed by atoms with Gasteiger partial charge in [0.2, 0.25) is 5.91 Å². The number of methoxy groups -OCH3 is 3. The lowest BCUT2D eigenvalue weighted by Crippen LogP contribution is -2.31. The summed E-state index contributed by atoms with van der Waals surface area (Å²) in [6, 6.07) is 5.13. The van der Waals surface area contributed by atoms with E-state index in [0.29, 0.717) is 35.5 Å². The van der Waals surface area contributed by atoms with E-state index in [1.165, 1.54) is 19.1 Å². The number of ketones is 1. The first-order chi connectivity index (χ1) is 17.0. The Morgan fingerprint density at radius 1 is 1.08 bits per heavy atom. The van der Waals surface area contributed by atoms with Crippen molar-refractivity contribution in [3.63, 3.8) is 0 Å². The van der Waals surface area contributed by atoms with Gasteiger partial charge in [-0.25, -0.2) is 4.39 Å². The van der Waals surface area contributed by atoms with Crippen molar-refractivity contribution in [1.29, 1.82) is 5.41 Å².